The highest BCUT2D eigenvalue weighted by atomic mass is 35.5. The van der Waals surface area contributed by atoms with Crippen LogP contribution in [0.5, 0.6) is 0 Å². The molecule has 0 fully saturated rings. The van der Waals surface area contributed by atoms with Crippen molar-refractivity contribution in [3.63, 3.8) is 0 Å². The van der Waals surface area contributed by atoms with Crippen LogP contribution >= 0.6 is 11.6 Å². The van der Waals surface area contributed by atoms with E-state index in [9.17, 15) is 4.21 Å². The predicted octanol–water partition coefficient (Wildman–Crippen LogP) is 1.57. The number of halogens is 1. The van der Waals surface area contributed by atoms with Crippen LogP contribution in [0.15, 0.2) is 29.4 Å². The zero-order chi connectivity index (χ0) is 9.42. The number of imidazole rings is 1. The molecule has 68 valence electrons. The summed E-state index contributed by atoms with van der Waals surface area (Å²) in [4.78, 5) is 3.91. The van der Waals surface area contributed by atoms with E-state index in [2.05, 4.69) is 4.98 Å². The van der Waals surface area contributed by atoms with Crippen molar-refractivity contribution in [2.45, 2.75) is 5.03 Å². The van der Waals surface area contributed by atoms with Gasteiger partial charge in [0.1, 0.15) is 5.65 Å². The van der Waals surface area contributed by atoms with Crippen molar-refractivity contribution in [1.82, 2.24) is 9.38 Å². The van der Waals surface area contributed by atoms with Crippen molar-refractivity contribution in [1.29, 1.82) is 0 Å². The van der Waals surface area contributed by atoms with Gasteiger partial charge >= 0.3 is 0 Å². The number of hydrogen-bond acceptors (Lipinski definition) is 2. The van der Waals surface area contributed by atoms with Crippen LogP contribution in [-0.4, -0.2) is 18.1 Å². The van der Waals surface area contributed by atoms with Gasteiger partial charge in [0, 0.05) is 6.20 Å². The lowest BCUT2D eigenvalue weighted by Crippen LogP contribution is -1.94. The fourth-order valence-corrected chi connectivity index (χ4v) is 1.99. The van der Waals surface area contributed by atoms with Crippen LogP contribution in [0.4, 0.5) is 0 Å². The Morgan fingerprint density at radius 3 is 3.00 bits per heavy atom. The van der Waals surface area contributed by atoms with E-state index in [0.717, 1.165) is 0 Å². The standard InChI is InChI=1S/C7H5ClN2O2S/c8-6-7(13(11)12)10-4-2-1-3-5(10)9-6/h1-4H,(H,11,12). The van der Waals surface area contributed by atoms with Gasteiger partial charge < -0.3 is 4.55 Å². The van der Waals surface area contributed by atoms with Gasteiger partial charge in [0.05, 0.1) is 0 Å². The van der Waals surface area contributed by atoms with Crippen LogP contribution in [-0.2, 0) is 11.1 Å². The number of nitrogens with zero attached hydrogens (tertiary/aromatic N) is 2. The molecule has 0 aliphatic carbocycles. The summed E-state index contributed by atoms with van der Waals surface area (Å²) in [5, 5.41) is 0.171. The highest BCUT2D eigenvalue weighted by Gasteiger charge is 2.14. The van der Waals surface area contributed by atoms with Crippen molar-refractivity contribution in [2.75, 3.05) is 0 Å². The third kappa shape index (κ3) is 1.35. The lowest BCUT2D eigenvalue weighted by atomic mass is 10.5. The average molecular weight is 217 g/mol. The first kappa shape index (κ1) is 8.68. The molecular formula is C7H5ClN2O2S. The number of rotatable bonds is 1. The topological polar surface area (TPSA) is 54.6 Å². The van der Waals surface area contributed by atoms with E-state index in [1.165, 1.54) is 4.40 Å². The Morgan fingerprint density at radius 1 is 1.54 bits per heavy atom. The molecule has 0 bridgehead atoms. The Labute approximate surface area is 81.4 Å². The van der Waals surface area contributed by atoms with Crippen LogP contribution in [0.1, 0.15) is 0 Å². The molecule has 1 unspecified atom stereocenters. The summed E-state index contributed by atoms with van der Waals surface area (Å²) < 4.78 is 21.3. The molecule has 2 rings (SSSR count). The minimum atomic E-state index is -2.12. The van der Waals surface area contributed by atoms with Crippen molar-refractivity contribution in [2.24, 2.45) is 0 Å². The SMILES string of the molecule is O=S(O)c1c(Cl)nc2ccccn12. The fourth-order valence-electron chi connectivity index (χ4n) is 1.10. The Morgan fingerprint density at radius 2 is 2.31 bits per heavy atom. The van der Waals surface area contributed by atoms with E-state index in [1.54, 1.807) is 24.4 Å². The summed E-state index contributed by atoms with van der Waals surface area (Å²) >= 11 is 3.56. The van der Waals surface area contributed by atoms with Gasteiger partial charge in [-0.2, -0.15) is 0 Å². The van der Waals surface area contributed by atoms with Crippen molar-refractivity contribution < 1.29 is 8.76 Å². The Balaban J connectivity index is 2.86. The van der Waals surface area contributed by atoms with Gasteiger partial charge in [-0.05, 0) is 12.1 Å². The van der Waals surface area contributed by atoms with Crippen LogP contribution in [0, 0.1) is 0 Å². The van der Waals surface area contributed by atoms with Crippen LogP contribution in [0.3, 0.4) is 0 Å². The van der Waals surface area contributed by atoms with Crippen molar-refractivity contribution >= 4 is 28.3 Å². The second-order valence-corrected chi connectivity index (χ2v) is 3.63. The third-order valence-electron chi connectivity index (χ3n) is 1.61. The fraction of sp³-hybridized carbons (Fsp3) is 0. The molecule has 13 heavy (non-hydrogen) atoms. The first-order chi connectivity index (χ1) is 6.20. The van der Waals surface area contributed by atoms with Crippen LogP contribution in [0.2, 0.25) is 5.15 Å². The summed E-state index contributed by atoms with van der Waals surface area (Å²) in [5.41, 5.74) is 0.560. The Bertz CT molecular complexity index is 482. The van der Waals surface area contributed by atoms with E-state index in [4.69, 9.17) is 16.2 Å². The van der Waals surface area contributed by atoms with E-state index in [0.29, 0.717) is 5.65 Å². The first-order valence-electron chi connectivity index (χ1n) is 3.43. The van der Waals surface area contributed by atoms with Gasteiger partial charge in [-0.25, -0.2) is 9.19 Å². The number of hydrogen-bond donors (Lipinski definition) is 1. The molecule has 0 aliphatic rings. The summed E-state index contributed by atoms with van der Waals surface area (Å²) in [6.07, 6.45) is 1.64. The highest BCUT2D eigenvalue weighted by molar-refractivity contribution is 7.79. The van der Waals surface area contributed by atoms with Crippen LogP contribution < -0.4 is 0 Å². The number of fused-ring (bicyclic) bond motifs is 1. The third-order valence-corrected chi connectivity index (χ3v) is 2.71. The first-order valence-corrected chi connectivity index (χ1v) is 4.92. The summed E-state index contributed by atoms with van der Waals surface area (Å²) in [7, 11) is 0. The largest absolute Gasteiger partial charge is 0.301 e. The molecule has 2 aromatic rings. The number of aromatic nitrogens is 2. The maximum Gasteiger partial charge on any atom is 0.207 e. The lowest BCUT2D eigenvalue weighted by molar-refractivity contribution is 0.559. The molecule has 1 atom stereocenters. The van der Waals surface area contributed by atoms with Gasteiger partial charge in [0.25, 0.3) is 0 Å². The Hall–Kier alpha value is -0.910. The van der Waals surface area contributed by atoms with E-state index in [-0.39, 0.29) is 10.2 Å². The molecule has 0 spiro atoms. The predicted molar refractivity (Wildman–Crippen MR) is 49.2 cm³/mol. The van der Waals surface area contributed by atoms with Gasteiger partial charge in [-0.3, -0.25) is 4.40 Å². The molecule has 2 aromatic heterocycles. The van der Waals surface area contributed by atoms with Crippen molar-refractivity contribution in [3.05, 3.63) is 29.5 Å². The molecule has 0 saturated heterocycles. The molecule has 0 saturated carbocycles. The summed E-state index contributed by atoms with van der Waals surface area (Å²) in [6.45, 7) is 0. The van der Waals surface area contributed by atoms with Crippen molar-refractivity contribution in [3.8, 4) is 0 Å². The molecule has 4 nitrogen and oxygen atoms in total. The van der Waals surface area contributed by atoms with E-state index in [1.807, 2.05) is 0 Å². The molecule has 6 heteroatoms. The molecule has 2 heterocycles. The molecular weight excluding hydrogens is 212 g/mol. The molecule has 0 aromatic carbocycles. The van der Waals surface area contributed by atoms with Gasteiger partial charge in [0.2, 0.25) is 11.1 Å². The monoisotopic (exact) mass is 216 g/mol. The minimum absolute atomic E-state index is 0.0621. The van der Waals surface area contributed by atoms with Gasteiger partial charge in [0.15, 0.2) is 10.2 Å². The van der Waals surface area contributed by atoms with E-state index >= 15 is 0 Å². The maximum atomic E-state index is 10.9. The second kappa shape index (κ2) is 3.10. The van der Waals surface area contributed by atoms with Gasteiger partial charge in [-0.15, -0.1) is 0 Å². The van der Waals surface area contributed by atoms with Gasteiger partial charge in [-0.1, -0.05) is 17.7 Å². The molecule has 0 aliphatic heterocycles. The smallest absolute Gasteiger partial charge is 0.207 e. The summed E-state index contributed by atoms with van der Waals surface area (Å²) in [5.74, 6) is 0. The second-order valence-electron chi connectivity index (χ2n) is 2.39. The highest BCUT2D eigenvalue weighted by Crippen LogP contribution is 2.19. The van der Waals surface area contributed by atoms with Crippen LogP contribution in [0.25, 0.3) is 5.65 Å². The molecule has 0 amide bonds. The Kier molecular flexibility index (Phi) is 2.07. The maximum absolute atomic E-state index is 10.9. The van der Waals surface area contributed by atoms with E-state index < -0.39 is 11.1 Å². The lowest BCUT2D eigenvalue weighted by Gasteiger charge is -1.94. The zero-order valence-corrected chi connectivity index (χ0v) is 7.92. The number of pyridine rings is 1. The molecule has 0 radical (unpaired) electrons. The minimum Gasteiger partial charge on any atom is -0.301 e. The summed E-state index contributed by atoms with van der Waals surface area (Å²) in [6, 6.07) is 5.23. The zero-order valence-electron chi connectivity index (χ0n) is 6.35. The average Bonchev–Trinajstić information content (AvgIpc) is 2.39. The quantitative estimate of drug-likeness (QED) is 0.737. The molecule has 1 N–H and O–H groups in total. The normalized spacial score (nSPS) is 13.4.